The molecule has 2 rings (SSSR count). The van der Waals surface area contributed by atoms with E-state index in [1.165, 1.54) is 5.56 Å². The molecule has 20 heavy (non-hydrogen) atoms. The van der Waals surface area contributed by atoms with Crippen molar-refractivity contribution >= 4 is 27.5 Å². The summed E-state index contributed by atoms with van der Waals surface area (Å²) in [6.07, 6.45) is 0. The molecule has 0 fully saturated rings. The number of hydrogen-bond donors (Lipinski definition) is 1. The summed E-state index contributed by atoms with van der Waals surface area (Å²) >= 11 is 9.50. The molecule has 1 aromatic carbocycles. The van der Waals surface area contributed by atoms with E-state index in [0.29, 0.717) is 16.7 Å². The van der Waals surface area contributed by atoms with Crippen LogP contribution in [-0.4, -0.2) is 11.5 Å². The molecular formula is C15H16BrClN2O. The molecule has 0 atom stereocenters. The molecule has 0 radical (unpaired) electrons. The van der Waals surface area contributed by atoms with E-state index < -0.39 is 0 Å². The molecule has 106 valence electrons. The Kier molecular flexibility index (Phi) is 5.40. The van der Waals surface area contributed by atoms with Gasteiger partial charge in [0.05, 0.1) is 5.02 Å². The standard InChI is InChI=1S/C15H16BrClN2O/c1-3-18-9-11-4-7-15(19-10(11)2)20-14-8-12(16)5-6-13(14)17/h4-8,18H,3,9H2,1-2H3. The molecule has 0 spiro atoms. The van der Waals surface area contributed by atoms with E-state index in [9.17, 15) is 0 Å². The van der Waals surface area contributed by atoms with E-state index in [0.717, 1.165) is 23.3 Å². The maximum atomic E-state index is 6.10. The Morgan fingerprint density at radius 1 is 1.30 bits per heavy atom. The van der Waals surface area contributed by atoms with Crippen molar-refractivity contribution in [1.82, 2.24) is 10.3 Å². The highest BCUT2D eigenvalue weighted by atomic mass is 79.9. The van der Waals surface area contributed by atoms with Crippen molar-refractivity contribution in [3.05, 3.63) is 51.1 Å². The number of halogens is 2. The summed E-state index contributed by atoms with van der Waals surface area (Å²) in [5, 5.41) is 3.84. The highest BCUT2D eigenvalue weighted by Gasteiger charge is 2.07. The molecule has 0 saturated heterocycles. The minimum Gasteiger partial charge on any atom is -0.437 e. The van der Waals surface area contributed by atoms with Gasteiger partial charge in [-0.1, -0.05) is 40.5 Å². The lowest BCUT2D eigenvalue weighted by atomic mass is 10.2. The third kappa shape index (κ3) is 3.95. The zero-order chi connectivity index (χ0) is 14.5. The first-order valence-corrected chi connectivity index (χ1v) is 7.57. The Bertz CT molecular complexity index is 604. The average Bonchev–Trinajstić information content (AvgIpc) is 2.42. The van der Waals surface area contributed by atoms with Gasteiger partial charge in [0.25, 0.3) is 0 Å². The molecule has 2 aromatic rings. The zero-order valence-electron chi connectivity index (χ0n) is 11.4. The number of benzene rings is 1. The predicted molar refractivity (Wildman–Crippen MR) is 85.6 cm³/mol. The minimum absolute atomic E-state index is 0.544. The van der Waals surface area contributed by atoms with Gasteiger partial charge < -0.3 is 10.1 Å². The second kappa shape index (κ2) is 7.07. The van der Waals surface area contributed by atoms with E-state index in [1.807, 2.05) is 31.2 Å². The molecule has 0 aliphatic heterocycles. The molecule has 0 amide bonds. The van der Waals surface area contributed by atoms with Gasteiger partial charge in [-0.25, -0.2) is 4.98 Å². The molecule has 0 aliphatic rings. The first kappa shape index (κ1) is 15.3. The van der Waals surface area contributed by atoms with Crippen molar-refractivity contribution in [3.8, 4) is 11.6 Å². The van der Waals surface area contributed by atoms with Crippen molar-refractivity contribution < 1.29 is 4.74 Å². The Hall–Kier alpha value is -1.10. The van der Waals surface area contributed by atoms with E-state index in [2.05, 4.69) is 33.2 Å². The van der Waals surface area contributed by atoms with Crippen molar-refractivity contribution in [1.29, 1.82) is 0 Å². The van der Waals surface area contributed by atoms with Crippen LogP contribution in [0.5, 0.6) is 11.6 Å². The van der Waals surface area contributed by atoms with Gasteiger partial charge in [0.2, 0.25) is 5.88 Å². The molecule has 0 bridgehead atoms. The van der Waals surface area contributed by atoms with Crippen LogP contribution in [-0.2, 0) is 6.54 Å². The molecule has 1 N–H and O–H groups in total. The van der Waals surface area contributed by atoms with Crippen LogP contribution in [0.15, 0.2) is 34.8 Å². The van der Waals surface area contributed by atoms with Crippen molar-refractivity contribution in [2.75, 3.05) is 6.54 Å². The van der Waals surface area contributed by atoms with E-state index in [-0.39, 0.29) is 0 Å². The van der Waals surface area contributed by atoms with Crippen LogP contribution < -0.4 is 10.1 Å². The summed E-state index contributed by atoms with van der Waals surface area (Å²) in [7, 11) is 0. The van der Waals surface area contributed by atoms with Crippen LogP contribution in [0, 0.1) is 6.92 Å². The van der Waals surface area contributed by atoms with Gasteiger partial charge in [0.15, 0.2) is 0 Å². The van der Waals surface area contributed by atoms with E-state index in [1.54, 1.807) is 6.07 Å². The topological polar surface area (TPSA) is 34.1 Å². The maximum Gasteiger partial charge on any atom is 0.219 e. The monoisotopic (exact) mass is 354 g/mol. The van der Waals surface area contributed by atoms with Gasteiger partial charge in [0.1, 0.15) is 5.75 Å². The summed E-state index contributed by atoms with van der Waals surface area (Å²) in [6.45, 7) is 5.80. The smallest absolute Gasteiger partial charge is 0.219 e. The summed E-state index contributed by atoms with van der Waals surface area (Å²) in [6, 6.07) is 9.36. The SMILES string of the molecule is CCNCc1ccc(Oc2cc(Br)ccc2Cl)nc1C. The predicted octanol–water partition coefficient (Wildman–Crippen LogP) is 4.71. The quantitative estimate of drug-likeness (QED) is 0.843. The molecule has 0 aliphatic carbocycles. The second-order valence-corrected chi connectivity index (χ2v) is 5.67. The fourth-order valence-corrected chi connectivity index (χ4v) is 2.23. The number of aromatic nitrogens is 1. The fraction of sp³-hybridized carbons (Fsp3) is 0.267. The maximum absolute atomic E-state index is 6.10. The third-order valence-corrected chi connectivity index (χ3v) is 3.65. The molecule has 0 saturated carbocycles. The third-order valence-electron chi connectivity index (χ3n) is 2.84. The number of rotatable bonds is 5. The highest BCUT2D eigenvalue weighted by molar-refractivity contribution is 9.10. The Morgan fingerprint density at radius 2 is 2.10 bits per heavy atom. The lowest BCUT2D eigenvalue weighted by molar-refractivity contribution is 0.461. The molecule has 0 unspecified atom stereocenters. The van der Waals surface area contributed by atoms with Crippen LogP contribution in [0.2, 0.25) is 5.02 Å². The molecular weight excluding hydrogens is 340 g/mol. The van der Waals surface area contributed by atoms with Crippen molar-refractivity contribution in [2.45, 2.75) is 20.4 Å². The van der Waals surface area contributed by atoms with Gasteiger partial charge in [-0.15, -0.1) is 0 Å². The van der Waals surface area contributed by atoms with Crippen LogP contribution >= 0.6 is 27.5 Å². The average molecular weight is 356 g/mol. The molecule has 3 nitrogen and oxygen atoms in total. The number of nitrogens with one attached hydrogen (secondary N) is 1. The first-order chi connectivity index (χ1) is 9.60. The van der Waals surface area contributed by atoms with Crippen LogP contribution in [0.4, 0.5) is 0 Å². The largest absolute Gasteiger partial charge is 0.437 e. The van der Waals surface area contributed by atoms with Gasteiger partial charge in [-0.05, 0) is 37.2 Å². The molecule has 1 heterocycles. The fourth-order valence-electron chi connectivity index (χ4n) is 1.74. The summed E-state index contributed by atoms with van der Waals surface area (Å²) < 4.78 is 6.65. The van der Waals surface area contributed by atoms with Crippen LogP contribution in [0.1, 0.15) is 18.2 Å². The van der Waals surface area contributed by atoms with Crippen molar-refractivity contribution in [2.24, 2.45) is 0 Å². The lowest BCUT2D eigenvalue weighted by Crippen LogP contribution is -2.13. The van der Waals surface area contributed by atoms with E-state index in [4.69, 9.17) is 16.3 Å². The highest BCUT2D eigenvalue weighted by Crippen LogP contribution is 2.31. The number of hydrogen-bond acceptors (Lipinski definition) is 3. The van der Waals surface area contributed by atoms with Crippen molar-refractivity contribution in [3.63, 3.8) is 0 Å². The lowest BCUT2D eigenvalue weighted by Gasteiger charge is -2.10. The Balaban J connectivity index is 2.17. The number of nitrogens with zero attached hydrogens (tertiary/aromatic N) is 1. The number of pyridine rings is 1. The van der Waals surface area contributed by atoms with Gasteiger partial charge in [0, 0.05) is 22.8 Å². The first-order valence-electron chi connectivity index (χ1n) is 6.40. The molecule has 5 heteroatoms. The van der Waals surface area contributed by atoms with Crippen LogP contribution in [0.25, 0.3) is 0 Å². The summed E-state index contributed by atoms with van der Waals surface area (Å²) in [5.74, 6) is 1.13. The Labute approximate surface area is 132 Å². The summed E-state index contributed by atoms with van der Waals surface area (Å²) in [5.41, 5.74) is 2.12. The van der Waals surface area contributed by atoms with E-state index >= 15 is 0 Å². The van der Waals surface area contributed by atoms with Gasteiger partial charge >= 0.3 is 0 Å². The second-order valence-electron chi connectivity index (χ2n) is 4.35. The number of aryl methyl sites for hydroxylation is 1. The summed E-state index contributed by atoms with van der Waals surface area (Å²) in [4.78, 5) is 4.46. The minimum atomic E-state index is 0.544. The molecule has 1 aromatic heterocycles. The Morgan fingerprint density at radius 3 is 2.80 bits per heavy atom. The normalized spacial score (nSPS) is 10.6. The zero-order valence-corrected chi connectivity index (χ0v) is 13.8. The number of ether oxygens (including phenoxy) is 1. The van der Waals surface area contributed by atoms with Gasteiger partial charge in [-0.2, -0.15) is 0 Å². The van der Waals surface area contributed by atoms with Crippen LogP contribution in [0.3, 0.4) is 0 Å². The van der Waals surface area contributed by atoms with Gasteiger partial charge in [-0.3, -0.25) is 0 Å².